The fraction of sp³-hybridized carbons (Fsp3) is 0.833. The Labute approximate surface area is 115 Å². The number of hydrogen-bond acceptors (Lipinski definition) is 5. The summed E-state index contributed by atoms with van der Waals surface area (Å²) in [6.45, 7) is 4.74. The van der Waals surface area contributed by atoms with Gasteiger partial charge in [0.2, 0.25) is 0 Å². The molecule has 5 nitrogen and oxygen atoms in total. The molecule has 0 saturated carbocycles. The van der Waals surface area contributed by atoms with E-state index in [9.17, 15) is 9.59 Å². The highest BCUT2D eigenvalue weighted by molar-refractivity contribution is 5.85. The van der Waals surface area contributed by atoms with E-state index in [1.807, 2.05) is 13.8 Å². The van der Waals surface area contributed by atoms with Crippen LogP contribution in [0.2, 0.25) is 0 Å². The fourth-order valence-corrected chi connectivity index (χ4v) is 1.08. The SMILES string of the molecule is CCCCOC(=O)C[C@H](N)C(=O)OCCCC.Cl. The summed E-state index contributed by atoms with van der Waals surface area (Å²) in [4.78, 5) is 22.6. The van der Waals surface area contributed by atoms with Gasteiger partial charge in [0.25, 0.3) is 0 Å². The van der Waals surface area contributed by atoms with E-state index in [1.165, 1.54) is 0 Å². The molecule has 0 heterocycles. The molecule has 6 heteroatoms. The third kappa shape index (κ3) is 10.4. The predicted molar refractivity (Wildman–Crippen MR) is 71.6 cm³/mol. The van der Waals surface area contributed by atoms with Crippen LogP contribution in [0, 0.1) is 0 Å². The molecule has 0 spiro atoms. The quantitative estimate of drug-likeness (QED) is 0.515. The first-order valence-electron chi connectivity index (χ1n) is 6.19. The summed E-state index contributed by atoms with van der Waals surface area (Å²) in [5.74, 6) is -0.982. The molecule has 0 aliphatic rings. The average Bonchev–Trinajstić information content (AvgIpc) is 2.29. The van der Waals surface area contributed by atoms with Gasteiger partial charge in [-0.25, -0.2) is 0 Å². The van der Waals surface area contributed by atoms with Crippen molar-refractivity contribution in [2.24, 2.45) is 5.73 Å². The molecule has 0 aromatic carbocycles. The van der Waals surface area contributed by atoms with E-state index in [1.54, 1.807) is 0 Å². The average molecular weight is 282 g/mol. The lowest BCUT2D eigenvalue weighted by molar-refractivity contribution is -0.152. The lowest BCUT2D eigenvalue weighted by Gasteiger charge is -2.10. The third-order valence-corrected chi connectivity index (χ3v) is 2.19. The molecule has 0 aliphatic heterocycles. The molecule has 18 heavy (non-hydrogen) atoms. The van der Waals surface area contributed by atoms with Crippen LogP contribution in [0.1, 0.15) is 46.0 Å². The van der Waals surface area contributed by atoms with Gasteiger partial charge in [0.15, 0.2) is 0 Å². The number of esters is 2. The summed E-state index contributed by atoms with van der Waals surface area (Å²) >= 11 is 0. The third-order valence-electron chi connectivity index (χ3n) is 2.19. The van der Waals surface area contributed by atoms with Crippen LogP contribution in [0.25, 0.3) is 0 Å². The highest BCUT2D eigenvalue weighted by Gasteiger charge is 2.19. The summed E-state index contributed by atoms with van der Waals surface area (Å²) in [5.41, 5.74) is 5.53. The largest absolute Gasteiger partial charge is 0.466 e. The number of nitrogens with two attached hydrogens (primary N) is 1. The molecule has 2 N–H and O–H groups in total. The normalized spacial score (nSPS) is 11.3. The highest BCUT2D eigenvalue weighted by atomic mass is 35.5. The first kappa shape index (κ1) is 19.5. The van der Waals surface area contributed by atoms with Gasteiger partial charge in [-0.05, 0) is 12.8 Å². The lowest BCUT2D eigenvalue weighted by Crippen LogP contribution is -2.35. The molecule has 0 fully saturated rings. The van der Waals surface area contributed by atoms with Crippen molar-refractivity contribution in [3.63, 3.8) is 0 Å². The summed E-state index contributed by atoms with van der Waals surface area (Å²) in [6.07, 6.45) is 3.41. The molecule has 0 aliphatic carbocycles. The Hall–Kier alpha value is -0.810. The van der Waals surface area contributed by atoms with Gasteiger partial charge in [-0.15, -0.1) is 12.4 Å². The van der Waals surface area contributed by atoms with Crippen molar-refractivity contribution in [2.75, 3.05) is 13.2 Å². The second kappa shape index (κ2) is 12.6. The molecule has 0 radical (unpaired) electrons. The zero-order valence-electron chi connectivity index (χ0n) is 11.1. The maximum atomic E-state index is 11.3. The Balaban J connectivity index is 0. The van der Waals surface area contributed by atoms with Crippen LogP contribution in [0.5, 0.6) is 0 Å². The van der Waals surface area contributed by atoms with Gasteiger partial charge in [0, 0.05) is 0 Å². The van der Waals surface area contributed by atoms with Crippen molar-refractivity contribution in [1.29, 1.82) is 0 Å². The molecule has 1 atom stereocenters. The van der Waals surface area contributed by atoms with Crippen molar-refractivity contribution < 1.29 is 19.1 Å². The molecule has 0 aromatic rings. The van der Waals surface area contributed by atoms with E-state index in [0.717, 1.165) is 25.7 Å². The van der Waals surface area contributed by atoms with E-state index in [0.29, 0.717) is 13.2 Å². The van der Waals surface area contributed by atoms with Crippen LogP contribution in [0.4, 0.5) is 0 Å². The van der Waals surface area contributed by atoms with E-state index in [2.05, 4.69) is 0 Å². The van der Waals surface area contributed by atoms with Gasteiger partial charge in [0.05, 0.1) is 19.6 Å². The van der Waals surface area contributed by atoms with Gasteiger partial charge in [-0.2, -0.15) is 0 Å². The van der Waals surface area contributed by atoms with E-state index >= 15 is 0 Å². The maximum absolute atomic E-state index is 11.3. The number of halogens is 1. The Morgan fingerprint density at radius 1 is 1.06 bits per heavy atom. The zero-order chi connectivity index (χ0) is 13.1. The van der Waals surface area contributed by atoms with Crippen molar-refractivity contribution in [2.45, 2.75) is 52.0 Å². The number of ether oxygens (including phenoxy) is 2. The van der Waals surface area contributed by atoms with Gasteiger partial charge >= 0.3 is 11.9 Å². The zero-order valence-corrected chi connectivity index (χ0v) is 12.0. The minimum absolute atomic E-state index is 0. The predicted octanol–water partition coefficient (Wildman–Crippen LogP) is 1.81. The Morgan fingerprint density at radius 3 is 2.06 bits per heavy atom. The smallest absolute Gasteiger partial charge is 0.323 e. The first-order valence-corrected chi connectivity index (χ1v) is 6.19. The summed E-state index contributed by atoms with van der Waals surface area (Å²) in [6, 6.07) is -0.916. The second-order valence-corrected chi connectivity index (χ2v) is 3.91. The summed E-state index contributed by atoms with van der Waals surface area (Å²) in [7, 11) is 0. The fourth-order valence-electron chi connectivity index (χ4n) is 1.08. The minimum Gasteiger partial charge on any atom is -0.466 e. The second-order valence-electron chi connectivity index (χ2n) is 3.91. The maximum Gasteiger partial charge on any atom is 0.323 e. The standard InChI is InChI=1S/C12H23NO4.ClH/c1-3-5-7-16-11(14)9-10(13)12(15)17-8-6-4-2;/h10H,3-9,13H2,1-2H3;1H/t10-;/m0./s1. The molecule has 0 unspecified atom stereocenters. The number of rotatable bonds is 9. The lowest BCUT2D eigenvalue weighted by atomic mass is 10.2. The molecule has 0 aromatic heterocycles. The Bertz CT molecular complexity index is 236. The highest BCUT2D eigenvalue weighted by Crippen LogP contribution is 1.98. The van der Waals surface area contributed by atoms with Crippen molar-refractivity contribution in [1.82, 2.24) is 0 Å². The molecule has 108 valence electrons. The van der Waals surface area contributed by atoms with Crippen LogP contribution >= 0.6 is 12.4 Å². The van der Waals surface area contributed by atoms with E-state index in [-0.39, 0.29) is 18.8 Å². The number of carbonyl (C=O) groups excluding carboxylic acids is 2. The van der Waals surface area contributed by atoms with Crippen LogP contribution in [-0.4, -0.2) is 31.2 Å². The molecule has 0 bridgehead atoms. The molecule has 0 saturated heterocycles. The molecule has 0 amide bonds. The van der Waals surface area contributed by atoms with Crippen LogP contribution < -0.4 is 5.73 Å². The van der Waals surface area contributed by atoms with Crippen LogP contribution in [0.3, 0.4) is 0 Å². The van der Waals surface area contributed by atoms with Crippen LogP contribution in [0.15, 0.2) is 0 Å². The molecular weight excluding hydrogens is 258 g/mol. The Morgan fingerprint density at radius 2 is 1.56 bits per heavy atom. The number of hydrogen-bond donors (Lipinski definition) is 1. The van der Waals surface area contributed by atoms with Gasteiger partial charge in [-0.1, -0.05) is 26.7 Å². The Kier molecular flexibility index (Phi) is 13.7. The molecular formula is C12H24ClNO4. The number of unbranched alkanes of at least 4 members (excludes halogenated alkanes) is 2. The molecule has 0 rings (SSSR count). The van der Waals surface area contributed by atoms with E-state index in [4.69, 9.17) is 15.2 Å². The summed E-state index contributed by atoms with van der Waals surface area (Å²) in [5, 5.41) is 0. The summed E-state index contributed by atoms with van der Waals surface area (Å²) < 4.78 is 9.80. The van der Waals surface area contributed by atoms with Gasteiger partial charge in [-0.3, -0.25) is 9.59 Å². The minimum atomic E-state index is -0.916. The van der Waals surface area contributed by atoms with Crippen molar-refractivity contribution in [3.8, 4) is 0 Å². The number of carbonyl (C=O) groups is 2. The monoisotopic (exact) mass is 281 g/mol. The van der Waals surface area contributed by atoms with E-state index < -0.39 is 18.0 Å². The van der Waals surface area contributed by atoms with Crippen molar-refractivity contribution >= 4 is 24.3 Å². The van der Waals surface area contributed by atoms with Crippen molar-refractivity contribution in [3.05, 3.63) is 0 Å². The van der Waals surface area contributed by atoms with Gasteiger partial charge in [0.1, 0.15) is 6.04 Å². The van der Waals surface area contributed by atoms with Gasteiger partial charge < -0.3 is 15.2 Å². The topological polar surface area (TPSA) is 78.6 Å². The van der Waals surface area contributed by atoms with Crippen LogP contribution in [-0.2, 0) is 19.1 Å². The first-order chi connectivity index (χ1) is 8.11.